The Bertz CT molecular complexity index is 607. The maximum atomic E-state index is 6.19. The average Bonchev–Trinajstić information content (AvgIpc) is 2.68. The molecule has 2 heterocycles. The van der Waals surface area contributed by atoms with E-state index in [0.717, 1.165) is 18.5 Å². The molecule has 0 spiro atoms. The predicted molar refractivity (Wildman–Crippen MR) is 95.0 cm³/mol. The van der Waals surface area contributed by atoms with Crippen LogP contribution in [0.4, 0.5) is 0 Å². The zero-order valence-electron chi connectivity index (χ0n) is 15.2. The number of aryl methyl sites for hydroxylation is 2. The molecule has 1 fully saturated rings. The molecule has 0 amide bonds. The van der Waals surface area contributed by atoms with E-state index in [9.17, 15) is 0 Å². The summed E-state index contributed by atoms with van der Waals surface area (Å²) in [4.78, 5) is 0. The van der Waals surface area contributed by atoms with E-state index >= 15 is 0 Å². The van der Waals surface area contributed by atoms with Crippen LogP contribution in [0.2, 0.25) is 0 Å². The first-order valence-corrected chi connectivity index (χ1v) is 8.45. The van der Waals surface area contributed by atoms with Gasteiger partial charge in [-0.25, -0.2) is 0 Å². The van der Waals surface area contributed by atoms with Crippen molar-refractivity contribution in [1.29, 1.82) is 0 Å². The van der Waals surface area contributed by atoms with Crippen LogP contribution in [0.1, 0.15) is 50.8 Å². The number of ether oxygens (including phenoxy) is 1. The van der Waals surface area contributed by atoms with Crippen molar-refractivity contribution in [3.05, 3.63) is 34.9 Å². The van der Waals surface area contributed by atoms with Crippen LogP contribution in [-0.4, -0.2) is 31.5 Å². The smallest absolute Gasteiger partial charge is 0.399 e. The quantitative estimate of drug-likeness (QED) is 0.783. The van der Waals surface area contributed by atoms with Gasteiger partial charge >= 0.3 is 7.12 Å². The van der Waals surface area contributed by atoms with Crippen molar-refractivity contribution in [2.45, 2.75) is 59.2 Å². The van der Waals surface area contributed by atoms with Gasteiger partial charge in [0.1, 0.15) is 0 Å². The highest BCUT2D eigenvalue weighted by molar-refractivity contribution is 6.62. The van der Waals surface area contributed by atoms with Gasteiger partial charge in [-0.15, -0.1) is 0 Å². The summed E-state index contributed by atoms with van der Waals surface area (Å²) in [5.41, 5.74) is 5.81. The summed E-state index contributed by atoms with van der Waals surface area (Å²) in [5, 5.41) is 0. The molecule has 0 saturated carbocycles. The van der Waals surface area contributed by atoms with Gasteiger partial charge in [-0.1, -0.05) is 18.2 Å². The van der Waals surface area contributed by atoms with Gasteiger partial charge < -0.3 is 14.0 Å². The van der Waals surface area contributed by atoms with Gasteiger partial charge in [0.15, 0.2) is 0 Å². The largest absolute Gasteiger partial charge is 0.494 e. The summed E-state index contributed by atoms with van der Waals surface area (Å²) in [5.74, 6) is 0. The lowest BCUT2D eigenvalue weighted by Crippen LogP contribution is -2.41. The number of benzene rings is 1. The predicted octanol–water partition coefficient (Wildman–Crippen LogP) is 3.41. The number of rotatable bonds is 2. The summed E-state index contributed by atoms with van der Waals surface area (Å²) in [6, 6.07) is 4.42. The molecule has 1 saturated heterocycles. The van der Waals surface area contributed by atoms with Gasteiger partial charge in [-0.3, -0.25) is 0 Å². The molecular weight excluding hydrogens is 287 g/mol. The van der Waals surface area contributed by atoms with Gasteiger partial charge in [0.25, 0.3) is 0 Å². The molecule has 3 rings (SSSR count). The molecule has 0 aromatic heterocycles. The summed E-state index contributed by atoms with van der Waals surface area (Å²) in [7, 11) is -0.296. The fourth-order valence-electron chi connectivity index (χ4n) is 3.37. The minimum absolute atomic E-state index is 0.296. The molecule has 1 aromatic carbocycles. The van der Waals surface area contributed by atoms with Crippen LogP contribution in [0.25, 0.3) is 5.57 Å². The van der Waals surface area contributed by atoms with Crippen LogP contribution in [0, 0.1) is 13.8 Å². The molecule has 0 unspecified atom stereocenters. The van der Waals surface area contributed by atoms with E-state index in [0.29, 0.717) is 6.61 Å². The third-order valence-electron chi connectivity index (χ3n) is 5.36. The first kappa shape index (κ1) is 16.8. The first-order valence-electron chi connectivity index (χ1n) is 8.45. The molecule has 124 valence electrons. The summed E-state index contributed by atoms with van der Waals surface area (Å²) < 4.78 is 17.8. The SMILES string of the molecule is Cc1cc(B2OC(C)(C)C(C)(C)O2)cc(C)c1C1=CCOCC1. The van der Waals surface area contributed by atoms with Crippen molar-refractivity contribution >= 4 is 18.2 Å². The Labute approximate surface area is 140 Å². The van der Waals surface area contributed by atoms with E-state index in [1.165, 1.54) is 22.3 Å². The van der Waals surface area contributed by atoms with Crippen LogP contribution in [0.15, 0.2) is 18.2 Å². The molecule has 2 aliphatic rings. The maximum Gasteiger partial charge on any atom is 0.494 e. The fourth-order valence-corrected chi connectivity index (χ4v) is 3.37. The van der Waals surface area contributed by atoms with Crippen LogP contribution in [0.5, 0.6) is 0 Å². The monoisotopic (exact) mass is 314 g/mol. The summed E-state index contributed by atoms with van der Waals surface area (Å²) in [6.45, 7) is 14.2. The topological polar surface area (TPSA) is 27.7 Å². The molecule has 23 heavy (non-hydrogen) atoms. The van der Waals surface area contributed by atoms with Crippen molar-refractivity contribution in [1.82, 2.24) is 0 Å². The van der Waals surface area contributed by atoms with Crippen LogP contribution < -0.4 is 5.46 Å². The fraction of sp³-hybridized carbons (Fsp3) is 0.579. The van der Waals surface area contributed by atoms with Gasteiger partial charge in [-0.05, 0) is 75.7 Å². The molecule has 3 nitrogen and oxygen atoms in total. The molecule has 0 aliphatic carbocycles. The molecule has 0 radical (unpaired) electrons. The van der Waals surface area contributed by atoms with Crippen molar-refractivity contribution in [2.75, 3.05) is 13.2 Å². The zero-order chi connectivity index (χ0) is 16.8. The first-order chi connectivity index (χ1) is 10.7. The van der Waals surface area contributed by atoms with Crippen molar-refractivity contribution < 1.29 is 14.0 Å². The summed E-state index contributed by atoms with van der Waals surface area (Å²) in [6.07, 6.45) is 3.19. The molecule has 0 atom stereocenters. The minimum Gasteiger partial charge on any atom is -0.399 e. The van der Waals surface area contributed by atoms with Crippen LogP contribution in [-0.2, 0) is 14.0 Å². The van der Waals surface area contributed by atoms with Crippen molar-refractivity contribution in [2.24, 2.45) is 0 Å². The summed E-state index contributed by atoms with van der Waals surface area (Å²) >= 11 is 0. The Kier molecular flexibility index (Phi) is 4.20. The molecule has 0 N–H and O–H groups in total. The van der Waals surface area contributed by atoms with Gasteiger partial charge in [0.2, 0.25) is 0 Å². The average molecular weight is 314 g/mol. The van der Waals surface area contributed by atoms with E-state index in [-0.39, 0.29) is 18.3 Å². The Morgan fingerprint density at radius 1 is 0.957 bits per heavy atom. The molecule has 4 heteroatoms. The molecular formula is C19H27BO3. The molecule has 0 bridgehead atoms. The highest BCUT2D eigenvalue weighted by atomic mass is 16.7. The van der Waals surface area contributed by atoms with E-state index in [4.69, 9.17) is 14.0 Å². The van der Waals surface area contributed by atoms with Crippen molar-refractivity contribution in [3.63, 3.8) is 0 Å². The second-order valence-corrected chi connectivity index (χ2v) is 7.67. The van der Waals surface area contributed by atoms with Gasteiger partial charge in [0, 0.05) is 0 Å². The number of hydrogen-bond donors (Lipinski definition) is 0. The Hall–Kier alpha value is -1.10. The van der Waals surface area contributed by atoms with Crippen LogP contribution in [0.3, 0.4) is 0 Å². The lowest BCUT2D eigenvalue weighted by atomic mass is 9.76. The van der Waals surface area contributed by atoms with E-state index in [2.05, 4.69) is 59.8 Å². The Morgan fingerprint density at radius 2 is 1.52 bits per heavy atom. The second-order valence-electron chi connectivity index (χ2n) is 7.67. The Morgan fingerprint density at radius 3 is 2.00 bits per heavy atom. The van der Waals surface area contributed by atoms with E-state index in [1.54, 1.807) is 0 Å². The second kappa shape index (κ2) is 5.76. The van der Waals surface area contributed by atoms with Gasteiger partial charge in [-0.2, -0.15) is 0 Å². The minimum atomic E-state index is -0.304. The Balaban J connectivity index is 1.93. The van der Waals surface area contributed by atoms with Crippen LogP contribution >= 0.6 is 0 Å². The third kappa shape index (κ3) is 3.00. The molecule has 2 aliphatic heterocycles. The van der Waals surface area contributed by atoms with Crippen molar-refractivity contribution in [3.8, 4) is 0 Å². The highest BCUT2D eigenvalue weighted by Crippen LogP contribution is 2.37. The maximum absolute atomic E-state index is 6.19. The van der Waals surface area contributed by atoms with Gasteiger partial charge in [0.05, 0.1) is 24.4 Å². The number of hydrogen-bond acceptors (Lipinski definition) is 3. The highest BCUT2D eigenvalue weighted by Gasteiger charge is 2.51. The zero-order valence-corrected chi connectivity index (χ0v) is 15.2. The normalized spacial score (nSPS) is 23.0. The van der Waals surface area contributed by atoms with E-state index in [1.807, 2.05) is 0 Å². The van der Waals surface area contributed by atoms with E-state index < -0.39 is 0 Å². The lowest BCUT2D eigenvalue weighted by molar-refractivity contribution is 0.00578. The molecule has 1 aromatic rings. The third-order valence-corrected chi connectivity index (χ3v) is 5.36. The lowest BCUT2D eigenvalue weighted by Gasteiger charge is -2.32. The standard InChI is InChI=1S/C19H27BO3/c1-13-11-16(20-22-18(3,4)19(5,6)23-20)12-14(2)17(13)15-7-9-21-10-8-15/h7,11-12H,8-10H2,1-6H3.